The molecule has 0 aliphatic carbocycles. The van der Waals surface area contributed by atoms with Crippen molar-refractivity contribution in [3.8, 4) is 11.1 Å². The van der Waals surface area contributed by atoms with Crippen LogP contribution in [-0.2, 0) is 6.54 Å². The highest BCUT2D eigenvalue weighted by molar-refractivity contribution is 9.10. The first-order valence-corrected chi connectivity index (χ1v) is 11.0. The largest absolute Gasteiger partial charge is 0.439 e. The maximum Gasteiger partial charge on any atom is 0.262 e. The van der Waals surface area contributed by atoms with Gasteiger partial charge < -0.3 is 14.3 Å². The van der Waals surface area contributed by atoms with Gasteiger partial charge >= 0.3 is 0 Å². The Hall–Kier alpha value is -3.31. The van der Waals surface area contributed by atoms with Crippen LogP contribution in [0.3, 0.4) is 0 Å². The predicted octanol–water partition coefficient (Wildman–Crippen LogP) is 7.25. The van der Waals surface area contributed by atoms with E-state index < -0.39 is 0 Å². The summed E-state index contributed by atoms with van der Waals surface area (Å²) in [4.78, 5) is 13.6. The van der Waals surface area contributed by atoms with Gasteiger partial charge in [0.1, 0.15) is 0 Å². The Labute approximate surface area is 188 Å². The first-order valence-electron chi connectivity index (χ1n) is 10.2. The molecule has 3 aromatic carbocycles. The van der Waals surface area contributed by atoms with E-state index in [9.17, 15) is 4.79 Å². The first-order chi connectivity index (χ1) is 15.1. The molecule has 154 valence electrons. The van der Waals surface area contributed by atoms with Crippen molar-refractivity contribution >= 4 is 49.4 Å². The van der Waals surface area contributed by atoms with Crippen LogP contribution in [0.25, 0.3) is 33.0 Å². The zero-order valence-corrected chi connectivity index (χ0v) is 18.9. The summed E-state index contributed by atoms with van der Waals surface area (Å²) in [6.07, 6.45) is 0. The maximum atomic E-state index is 13.6. The van der Waals surface area contributed by atoms with Crippen molar-refractivity contribution in [2.24, 2.45) is 0 Å². The molecule has 0 radical (unpaired) electrons. The molecule has 0 saturated heterocycles. The monoisotopic (exact) mass is 472 g/mol. The molecule has 0 bridgehead atoms. The van der Waals surface area contributed by atoms with E-state index in [2.05, 4.69) is 21.2 Å². The number of fused-ring (bicyclic) bond motifs is 3. The third kappa shape index (κ3) is 3.26. The molecule has 1 N–H and O–H groups in total. The van der Waals surface area contributed by atoms with Crippen LogP contribution in [0.5, 0.6) is 0 Å². The molecule has 5 aromatic rings. The fraction of sp³-hybridized carbons (Fsp3) is 0.115. The molecule has 0 amide bonds. The van der Waals surface area contributed by atoms with Crippen LogP contribution in [0.1, 0.15) is 12.5 Å². The second-order valence-electron chi connectivity index (χ2n) is 7.52. The lowest BCUT2D eigenvalue weighted by Crippen LogP contribution is -2.19. The summed E-state index contributed by atoms with van der Waals surface area (Å²) in [6.45, 7) is 4.62. The maximum absolute atomic E-state index is 13.6. The third-order valence-electron chi connectivity index (χ3n) is 5.65. The van der Waals surface area contributed by atoms with Crippen LogP contribution < -0.4 is 10.9 Å². The van der Waals surface area contributed by atoms with Crippen LogP contribution in [0.4, 0.5) is 11.6 Å². The van der Waals surface area contributed by atoms with Gasteiger partial charge in [0, 0.05) is 22.1 Å². The van der Waals surface area contributed by atoms with Gasteiger partial charge in [0.15, 0.2) is 5.58 Å². The van der Waals surface area contributed by atoms with E-state index in [1.165, 1.54) is 0 Å². The topological polar surface area (TPSA) is 47.2 Å². The van der Waals surface area contributed by atoms with Gasteiger partial charge in [-0.1, -0.05) is 58.4 Å². The number of anilines is 2. The Bertz CT molecular complexity index is 1480. The quantitative estimate of drug-likeness (QED) is 0.299. The minimum atomic E-state index is -0.0456. The van der Waals surface area contributed by atoms with Gasteiger partial charge in [-0.05, 0) is 55.3 Å². The number of pyridine rings is 1. The molecule has 0 aliphatic heterocycles. The standard InChI is InChI=1S/C26H21BrN2O2/c1-3-29-21-11-7-5-9-19(21)24-23(26(29)30)22(17-12-14-18(27)15-13-17)25(31-24)28-20-10-6-4-8-16(20)2/h4-15,28H,3H2,1-2H3. The number of aromatic nitrogens is 1. The number of halogens is 1. The summed E-state index contributed by atoms with van der Waals surface area (Å²) >= 11 is 3.51. The molecule has 5 heteroatoms. The molecule has 0 aliphatic rings. The summed E-state index contributed by atoms with van der Waals surface area (Å²) in [5, 5.41) is 4.97. The van der Waals surface area contributed by atoms with E-state index in [4.69, 9.17) is 4.42 Å². The van der Waals surface area contributed by atoms with E-state index in [1.54, 1.807) is 0 Å². The lowest BCUT2D eigenvalue weighted by atomic mass is 10.0. The van der Waals surface area contributed by atoms with E-state index in [1.807, 2.05) is 91.2 Å². The number of para-hydroxylation sites is 2. The fourth-order valence-electron chi connectivity index (χ4n) is 4.10. The van der Waals surface area contributed by atoms with E-state index in [-0.39, 0.29) is 5.56 Å². The Morgan fingerprint density at radius 1 is 0.968 bits per heavy atom. The van der Waals surface area contributed by atoms with E-state index in [0.29, 0.717) is 23.4 Å². The summed E-state index contributed by atoms with van der Waals surface area (Å²) in [5.74, 6) is 0.572. The second kappa shape index (κ2) is 7.75. The molecular weight excluding hydrogens is 452 g/mol. The van der Waals surface area contributed by atoms with Crippen molar-refractivity contribution in [2.75, 3.05) is 5.32 Å². The number of rotatable bonds is 4. The normalized spacial score (nSPS) is 11.3. The van der Waals surface area contributed by atoms with Gasteiger partial charge in [0.05, 0.1) is 16.5 Å². The number of hydrogen-bond acceptors (Lipinski definition) is 3. The summed E-state index contributed by atoms with van der Waals surface area (Å²) in [6, 6.07) is 23.9. The molecule has 2 heterocycles. The van der Waals surface area contributed by atoms with Crippen molar-refractivity contribution < 1.29 is 4.42 Å². The molecule has 0 fully saturated rings. The zero-order chi connectivity index (χ0) is 21.5. The van der Waals surface area contributed by atoms with Gasteiger partial charge in [-0.25, -0.2) is 0 Å². The Morgan fingerprint density at radius 2 is 1.68 bits per heavy atom. The van der Waals surface area contributed by atoms with E-state index in [0.717, 1.165) is 37.8 Å². The Morgan fingerprint density at radius 3 is 2.42 bits per heavy atom. The van der Waals surface area contributed by atoms with Crippen molar-refractivity contribution in [3.05, 3.63) is 93.2 Å². The Kier molecular flexibility index (Phi) is 4.91. The van der Waals surface area contributed by atoms with Crippen molar-refractivity contribution in [1.82, 2.24) is 4.57 Å². The van der Waals surface area contributed by atoms with Crippen molar-refractivity contribution in [3.63, 3.8) is 0 Å². The smallest absolute Gasteiger partial charge is 0.262 e. The number of nitrogens with one attached hydrogen (secondary N) is 1. The van der Waals surface area contributed by atoms with Crippen LogP contribution in [-0.4, -0.2) is 4.57 Å². The highest BCUT2D eigenvalue weighted by atomic mass is 79.9. The minimum absolute atomic E-state index is 0.0456. The molecule has 0 saturated carbocycles. The highest BCUT2D eigenvalue weighted by Gasteiger charge is 2.23. The number of nitrogens with zero attached hydrogens (tertiary/aromatic N) is 1. The lowest BCUT2D eigenvalue weighted by Gasteiger charge is -2.10. The third-order valence-corrected chi connectivity index (χ3v) is 6.18. The zero-order valence-electron chi connectivity index (χ0n) is 17.3. The number of aryl methyl sites for hydroxylation is 2. The SMILES string of the molecule is CCn1c(=O)c2c(-c3ccc(Br)cc3)c(Nc3ccccc3C)oc2c2ccccc21. The predicted molar refractivity (Wildman–Crippen MR) is 131 cm³/mol. The van der Waals surface area contributed by atoms with Gasteiger partial charge in [-0.15, -0.1) is 0 Å². The van der Waals surface area contributed by atoms with Crippen LogP contribution in [0.2, 0.25) is 0 Å². The summed E-state index contributed by atoms with van der Waals surface area (Å²) in [5.41, 5.74) is 5.19. The molecule has 0 unspecified atom stereocenters. The molecule has 0 atom stereocenters. The molecule has 0 spiro atoms. The average Bonchev–Trinajstić information content (AvgIpc) is 3.16. The molecular formula is C26H21BrN2O2. The number of benzene rings is 3. The van der Waals surface area contributed by atoms with Crippen molar-refractivity contribution in [1.29, 1.82) is 0 Å². The molecule has 4 nitrogen and oxygen atoms in total. The Balaban J connectivity index is 1.90. The number of furan rings is 1. The van der Waals surface area contributed by atoms with Gasteiger partial charge in [-0.3, -0.25) is 4.79 Å². The lowest BCUT2D eigenvalue weighted by molar-refractivity contribution is 0.637. The molecule has 31 heavy (non-hydrogen) atoms. The fourth-order valence-corrected chi connectivity index (χ4v) is 4.36. The van der Waals surface area contributed by atoms with Crippen LogP contribution in [0.15, 0.2) is 86.5 Å². The molecule has 5 rings (SSSR count). The second-order valence-corrected chi connectivity index (χ2v) is 8.44. The van der Waals surface area contributed by atoms with E-state index >= 15 is 0 Å². The first kappa shape index (κ1) is 19.6. The minimum Gasteiger partial charge on any atom is -0.439 e. The molecule has 2 aromatic heterocycles. The van der Waals surface area contributed by atoms with Gasteiger partial charge in [0.2, 0.25) is 5.88 Å². The summed E-state index contributed by atoms with van der Waals surface area (Å²) < 4.78 is 9.19. The number of hydrogen-bond donors (Lipinski definition) is 1. The van der Waals surface area contributed by atoms with Gasteiger partial charge in [-0.2, -0.15) is 0 Å². The van der Waals surface area contributed by atoms with Crippen LogP contribution >= 0.6 is 15.9 Å². The highest BCUT2D eigenvalue weighted by Crippen LogP contribution is 2.41. The van der Waals surface area contributed by atoms with Crippen molar-refractivity contribution in [2.45, 2.75) is 20.4 Å². The summed E-state index contributed by atoms with van der Waals surface area (Å²) in [7, 11) is 0. The van der Waals surface area contributed by atoms with Gasteiger partial charge in [0.25, 0.3) is 5.56 Å². The van der Waals surface area contributed by atoms with Crippen LogP contribution in [0, 0.1) is 6.92 Å². The average molecular weight is 473 g/mol.